The van der Waals surface area contributed by atoms with Gasteiger partial charge in [0.1, 0.15) is 35.1 Å². The van der Waals surface area contributed by atoms with Gasteiger partial charge in [-0.2, -0.15) is 0 Å². The molecular formula is C16H16ClN3O3. The van der Waals surface area contributed by atoms with Crippen LogP contribution in [0.25, 0.3) is 11.0 Å². The van der Waals surface area contributed by atoms with Crippen LogP contribution in [0.4, 0.5) is 0 Å². The smallest absolute Gasteiger partial charge is 0.164 e. The molecule has 2 aromatic heterocycles. The van der Waals surface area contributed by atoms with Crippen LogP contribution in [0.1, 0.15) is 25.7 Å². The lowest BCUT2D eigenvalue weighted by Gasteiger charge is -2.22. The third-order valence-corrected chi connectivity index (χ3v) is 4.54. The van der Waals surface area contributed by atoms with Gasteiger partial charge in [0.25, 0.3) is 0 Å². The van der Waals surface area contributed by atoms with E-state index >= 15 is 0 Å². The molecule has 0 bridgehead atoms. The summed E-state index contributed by atoms with van der Waals surface area (Å²) < 4.78 is 13.9. The number of rotatable bonds is 2. The molecule has 3 heterocycles. The molecule has 0 unspecified atom stereocenters. The Bertz CT molecular complexity index is 842. The number of carbonyl (C=O) groups is 1. The van der Waals surface area contributed by atoms with E-state index in [0.717, 1.165) is 17.3 Å². The Morgan fingerprint density at radius 2 is 2.13 bits per heavy atom. The predicted molar refractivity (Wildman–Crippen MR) is 84.3 cm³/mol. The van der Waals surface area contributed by atoms with E-state index in [1.807, 2.05) is 36.8 Å². The molecule has 0 radical (unpaired) electrons. The Morgan fingerprint density at radius 1 is 1.35 bits per heavy atom. The van der Waals surface area contributed by atoms with Gasteiger partial charge in [-0.25, -0.2) is 9.97 Å². The summed E-state index contributed by atoms with van der Waals surface area (Å²) in [6, 6.07) is 1.70. The van der Waals surface area contributed by atoms with Crippen molar-refractivity contribution >= 4 is 28.9 Å². The van der Waals surface area contributed by atoms with Crippen molar-refractivity contribution in [2.24, 2.45) is 0 Å². The number of halogens is 1. The number of carbonyl (C=O) groups excluding carboxylic acids is 1. The summed E-state index contributed by atoms with van der Waals surface area (Å²) in [5, 5.41) is 1.20. The highest BCUT2D eigenvalue weighted by Crippen LogP contribution is 2.43. The second-order valence-electron chi connectivity index (χ2n) is 6.32. The predicted octanol–water partition coefficient (Wildman–Crippen LogP) is 2.59. The summed E-state index contributed by atoms with van der Waals surface area (Å²) >= 11 is 6.20. The Hall–Kier alpha value is -1.76. The normalized spacial score (nSPS) is 28.9. The van der Waals surface area contributed by atoms with Crippen LogP contribution in [-0.2, 0) is 14.3 Å². The minimum atomic E-state index is -0.721. The van der Waals surface area contributed by atoms with Gasteiger partial charge < -0.3 is 14.0 Å². The molecule has 0 saturated carbocycles. The first kappa shape index (κ1) is 14.8. The average Bonchev–Trinajstić information content (AvgIpc) is 3.09. The van der Waals surface area contributed by atoms with Crippen molar-refractivity contribution in [3.63, 3.8) is 0 Å². The Morgan fingerprint density at radius 3 is 2.87 bits per heavy atom. The second-order valence-corrected chi connectivity index (χ2v) is 6.68. The fraction of sp³-hybridized carbons (Fsp3) is 0.438. The van der Waals surface area contributed by atoms with Gasteiger partial charge in [0.2, 0.25) is 0 Å². The van der Waals surface area contributed by atoms with Gasteiger partial charge in [0, 0.05) is 11.8 Å². The van der Waals surface area contributed by atoms with E-state index in [-0.39, 0.29) is 18.2 Å². The van der Waals surface area contributed by atoms with Gasteiger partial charge in [-0.05, 0) is 32.9 Å². The molecule has 1 aliphatic carbocycles. The monoisotopic (exact) mass is 333 g/mol. The fourth-order valence-electron chi connectivity index (χ4n) is 3.37. The molecule has 6 nitrogen and oxygen atoms in total. The molecule has 0 spiro atoms. The lowest BCUT2D eigenvalue weighted by Crippen LogP contribution is -2.28. The van der Waals surface area contributed by atoms with E-state index < -0.39 is 5.79 Å². The molecule has 0 N–H and O–H groups in total. The summed E-state index contributed by atoms with van der Waals surface area (Å²) in [6.07, 6.45) is 3.98. The molecule has 2 aromatic rings. The first-order valence-corrected chi connectivity index (χ1v) is 7.80. The Kier molecular flexibility index (Phi) is 3.13. The van der Waals surface area contributed by atoms with E-state index in [2.05, 4.69) is 9.97 Å². The molecule has 3 atom stereocenters. The molecule has 1 fully saturated rings. The number of hydrogen-bond donors (Lipinski definition) is 0. The number of aromatic nitrogens is 3. The van der Waals surface area contributed by atoms with E-state index in [9.17, 15) is 4.79 Å². The second kappa shape index (κ2) is 4.87. The SMILES string of the molecule is Cc1nc(Cl)c2ccn([C@@H]3C=C(C=O)[C@H]4OC(C)(C)O[C@H]43)c2n1. The standard InChI is InChI=1S/C16H16ClN3O3/c1-8-18-14(17)10-4-5-20(15(10)19-8)11-6-9(7-21)12-13(11)23-16(2,3)22-12/h4-7,11-13H,1-3H3/t11-,12-,13+/m1/s1. The minimum absolute atomic E-state index is 0.176. The summed E-state index contributed by atoms with van der Waals surface area (Å²) in [5.74, 6) is -0.123. The summed E-state index contributed by atoms with van der Waals surface area (Å²) in [6.45, 7) is 5.49. The van der Waals surface area contributed by atoms with E-state index in [0.29, 0.717) is 16.6 Å². The highest BCUT2D eigenvalue weighted by Gasteiger charge is 2.50. The zero-order valence-electron chi connectivity index (χ0n) is 13.0. The van der Waals surface area contributed by atoms with Crippen molar-refractivity contribution in [3.05, 3.63) is 34.9 Å². The minimum Gasteiger partial charge on any atom is -0.342 e. The molecule has 120 valence electrons. The van der Waals surface area contributed by atoms with Gasteiger partial charge in [-0.15, -0.1) is 0 Å². The van der Waals surface area contributed by atoms with Crippen LogP contribution in [0.3, 0.4) is 0 Å². The Labute approximate surface area is 138 Å². The number of hydrogen-bond acceptors (Lipinski definition) is 5. The lowest BCUT2D eigenvalue weighted by atomic mass is 10.1. The van der Waals surface area contributed by atoms with Crippen molar-refractivity contribution < 1.29 is 14.3 Å². The van der Waals surface area contributed by atoms with Gasteiger partial charge in [-0.1, -0.05) is 11.6 Å². The largest absolute Gasteiger partial charge is 0.342 e. The van der Waals surface area contributed by atoms with Crippen LogP contribution in [0.2, 0.25) is 5.15 Å². The maximum Gasteiger partial charge on any atom is 0.164 e. The highest BCUT2D eigenvalue weighted by molar-refractivity contribution is 6.33. The first-order chi connectivity index (χ1) is 10.9. The van der Waals surface area contributed by atoms with Crippen LogP contribution in [0.15, 0.2) is 23.9 Å². The molecule has 7 heteroatoms. The number of ether oxygens (including phenoxy) is 2. The van der Waals surface area contributed by atoms with E-state index in [4.69, 9.17) is 21.1 Å². The van der Waals surface area contributed by atoms with Crippen LogP contribution in [-0.4, -0.2) is 38.8 Å². The van der Waals surface area contributed by atoms with Crippen LogP contribution < -0.4 is 0 Å². The maximum absolute atomic E-state index is 11.4. The van der Waals surface area contributed by atoms with Crippen LogP contribution in [0.5, 0.6) is 0 Å². The van der Waals surface area contributed by atoms with Crippen molar-refractivity contribution in [3.8, 4) is 0 Å². The first-order valence-electron chi connectivity index (χ1n) is 7.43. The highest BCUT2D eigenvalue weighted by atomic mass is 35.5. The molecule has 0 aromatic carbocycles. The lowest BCUT2D eigenvalue weighted by molar-refractivity contribution is -0.148. The Balaban J connectivity index is 1.85. The molecule has 1 saturated heterocycles. The number of aldehydes is 1. The maximum atomic E-state index is 11.4. The van der Waals surface area contributed by atoms with Crippen LogP contribution >= 0.6 is 11.6 Å². The van der Waals surface area contributed by atoms with Gasteiger partial charge in [-0.3, -0.25) is 4.79 Å². The topological polar surface area (TPSA) is 66.2 Å². The fourth-order valence-corrected chi connectivity index (χ4v) is 3.64. The number of aryl methyl sites for hydroxylation is 1. The average molecular weight is 334 g/mol. The molecule has 4 rings (SSSR count). The molecule has 2 aliphatic rings. The molecule has 23 heavy (non-hydrogen) atoms. The van der Waals surface area contributed by atoms with Gasteiger partial charge in [0.05, 0.1) is 11.4 Å². The van der Waals surface area contributed by atoms with Crippen LogP contribution in [0, 0.1) is 6.92 Å². The van der Waals surface area contributed by atoms with Crippen molar-refractivity contribution in [1.29, 1.82) is 0 Å². The van der Waals surface area contributed by atoms with Gasteiger partial charge in [0.15, 0.2) is 5.79 Å². The molecule has 1 aliphatic heterocycles. The molecule has 0 amide bonds. The zero-order valence-corrected chi connectivity index (χ0v) is 13.7. The van der Waals surface area contributed by atoms with E-state index in [1.165, 1.54) is 0 Å². The van der Waals surface area contributed by atoms with Crippen molar-refractivity contribution in [2.75, 3.05) is 0 Å². The van der Waals surface area contributed by atoms with Crippen molar-refractivity contribution in [2.45, 2.75) is 44.8 Å². The third-order valence-electron chi connectivity index (χ3n) is 4.25. The number of nitrogens with zero attached hydrogens (tertiary/aromatic N) is 3. The quantitative estimate of drug-likeness (QED) is 0.624. The summed E-state index contributed by atoms with van der Waals surface area (Å²) in [5.41, 5.74) is 1.33. The summed E-state index contributed by atoms with van der Waals surface area (Å²) in [7, 11) is 0. The van der Waals surface area contributed by atoms with Crippen molar-refractivity contribution in [1.82, 2.24) is 14.5 Å². The third kappa shape index (κ3) is 2.21. The summed E-state index contributed by atoms with van der Waals surface area (Å²) in [4.78, 5) is 20.1. The van der Waals surface area contributed by atoms with E-state index in [1.54, 1.807) is 6.92 Å². The van der Waals surface area contributed by atoms with Gasteiger partial charge >= 0.3 is 0 Å². The molecular weight excluding hydrogens is 318 g/mol. The number of fused-ring (bicyclic) bond motifs is 2. The zero-order chi connectivity index (χ0) is 16.4.